The largest absolute Gasteiger partial charge is 0.573 e. The third-order valence-electron chi connectivity index (χ3n) is 4.87. The lowest BCUT2D eigenvalue weighted by Gasteiger charge is -2.29. The number of nitrogens with zero attached hydrogens (tertiary/aromatic N) is 2. The van der Waals surface area contributed by atoms with Crippen molar-refractivity contribution in [1.82, 2.24) is 15.2 Å². The molecule has 0 aliphatic carbocycles. The van der Waals surface area contributed by atoms with Crippen LogP contribution >= 0.6 is 0 Å². The number of piperidine rings is 1. The van der Waals surface area contributed by atoms with Crippen molar-refractivity contribution in [2.45, 2.75) is 39.6 Å². The molecule has 2 aromatic rings. The van der Waals surface area contributed by atoms with Crippen LogP contribution in [-0.2, 0) is 6.54 Å². The van der Waals surface area contributed by atoms with Crippen molar-refractivity contribution in [3.05, 3.63) is 47.2 Å². The van der Waals surface area contributed by atoms with Crippen LogP contribution in [0.1, 0.15) is 52.3 Å². The maximum Gasteiger partial charge on any atom is 0.573 e. The molecule has 0 atom stereocenters. The third kappa shape index (κ3) is 5.31. The van der Waals surface area contributed by atoms with Gasteiger partial charge in [-0.05, 0) is 37.8 Å². The Labute approximate surface area is 171 Å². The summed E-state index contributed by atoms with van der Waals surface area (Å²) in [5, 5.41) is 2.44. The minimum Gasteiger partial charge on any atom is -0.443 e. The summed E-state index contributed by atoms with van der Waals surface area (Å²) in [6.45, 7) is 4.85. The summed E-state index contributed by atoms with van der Waals surface area (Å²) in [4.78, 5) is 30.9. The van der Waals surface area contributed by atoms with E-state index < -0.39 is 18.0 Å². The van der Waals surface area contributed by atoms with E-state index in [2.05, 4.69) is 22.0 Å². The fourth-order valence-electron chi connectivity index (χ4n) is 3.21. The van der Waals surface area contributed by atoms with Crippen LogP contribution < -0.4 is 10.1 Å². The van der Waals surface area contributed by atoms with E-state index in [9.17, 15) is 22.8 Å². The fraction of sp³-hybridized carbons (Fsp3) is 0.450. The van der Waals surface area contributed by atoms with E-state index in [1.165, 1.54) is 18.2 Å². The van der Waals surface area contributed by atoms with Crippen LogP contribution in [-0.4, -0.2) is 41.2 Å². The molecule has 0 radical (unpaired) electrons. The molecule has 0 unspecified atom stereocenters. The molecule has 0 bridgehead atoms. The van der Waals surface area contributed by atoms with Crippen molar-refractivity contribution in [3.63, 3.8) is 0 Å². The molecule has 30 heavy (non-hydrogen) atoms. The van der Waals surface area contributed by atoms with Crippen molar-refractivity contribution in [3.8, 4) is 5.75 Å². The van der Waals surface area contributed by atoms with Crippen LogP contribution in [0.4, 0.5) is 13.2 Å². The second kappa shape index (κ2) is 8.76. The van der Waals surface area contributed by atoms with E-state index in [1.807, 2.05) is 0 Å². The van der Waals surface area contributed by atoms with Gasteiger partial charge in [-0.1, -0.05) is 19.1 Å². The highest BCUT2D eigenvalue weighted by Gasteiger charge is 2.33. The molecule has 1 aromatic heterocycles. The lowest BCUT2D eigenvalue weighted by atomic mass is 9.99. The molecule has 2 heterocycles. The molecule has 162 valence electrons. The number of aryl methyl sites for hydroxylation is 1. The summed E-state index contributed by atoms with van der Waals surface area (Å²) in [5.74, 6) is -0.649. The Morgan fingerprint density at radius 1 is 1.27 bits per heavy atom. The number of amides is 2. The molecule has 1 aromatic carbocycles. The van der Waals surface area contributed by atoms with E-state index in [0.717, 1.165) is 18.9 Å². The maximum absolute atomic E-state index is 12.7. The molecule has 1 aliphatic heterocycles. The average Bonchev–Trinajstić information content (AvgIpc) is 3.06. The van der Waals surface area contributed by atoms with Gasteiger partial charge in [0.1, 0.15) is 11.5 Å². The van der Waals surface area contributed by atoms with Crippen molar-refractivity contribution in [2.75, 3.05) is 13.1 Å². The number of likely N-dealkylation sites (tertiary alicyclic amines) is 1. The zero-order valence-electron chi connectivity index (χ0n) is 16.6. The number of carbonyl (C=O) groups is 2. The molecule has 3 rings (SSSR count). The van der Waals surface area contributed by atoms with Gasteiger partial charge >= 0.3 is 6.36 Å². The van der Waals surface area contributed by atoms with Crippen LogP contribution in [0.25, 0.3) is 0 Å². The standard InChI is InChI=1S/C20H22F3N3O4/c1-12-7-9-26(10-8-12)19(28)17-13(2)29-16(25-17)11-24-18(27)14-5-3-4-6-15(14)30-20(21,22)23/h3-6,12H,7-11H2,1-2H3,(H,24,27). The van der Waals surface area contributed by atoms with Gasteiger partial charge < -0.3 is 19.4 Å². The fourth-order valence-corrected chi connectivity index (χ4v) is 3.21. The van der Waals surface area contributed by atoms with Gasteiger partial charge in [-0.3, -0.25) is 9.59 Å². The molecular weight excluding hydrogens is 403 g/mol. The maximum atomic E-state index is 12.7. The molecule has 0 saturated carbocycles. The van der Waals surface area contributed by atoms with Gasteiger partial charge in [-0.25, -0.2) is 4.98 Å². The molecular formula is C20H22F3N3O4. The SMILES string of the molecule is Cc1oc(CNC(=O)c2ccccc2OC(F)(F)F)nc1C(=O)N1CCC(C)CC1. The second-order valence-corrected chi connectivity index (χ2v) is 7.21. The van der Waals surface area contributed by atoms with E-state index in [4.69, 9.17) is 4.42 Å². The predicted octanol–water partition coefficient (Wildman–Crippen LogP) is 3.68. The van der Waals surface area contributed by atoms with Crippen molar-refractivity contribution in [2.24, 2.45) is 5.92 Å². The molecule has 2 amide bonds. The van der Waals surface area contributed by atoms with Crippen LogP contribution in [0, 0.1) is 12.8 Å². The number of para-hydroxylation sites is 1. The number of nitrogens with one attached hydrogen (secondary N) is 1. The number of carbonyl (C=O) groups excluding carboxylic acids is 2. The summed E-state index contributed by atoms with van der Waals surface area (Å²) in [7, 11) is 0. The number of rotatable bonds is 5. The van der Waals surface area contributed by atoms with E-state index >= 15 is 0 Å². The van der Waals surface area contributed by atoms with E-state index in [0.29, 0.717) is 24.8 Å². The van der Waals surface area contributed by atoms with Crippen LogP contribution in [0.3, 0.4) is 0 Å². The average molecular weight is 425 g/mol. The summed E-state index contributed by atoms with van der Waals surface area (Å²) >= 11 is 0. The molecule has 1 N–H and O–H groups in total. The van der Waals surface area contributed by atoms with Gasteiger partial charge in [0.25, 0.3) is 11.8 Å². The highest BCUT2D eigenvalue weighted by atomic mass is 19.4. The topological polar surface area (TPSA) is 84.7 Å². The summed E-state index contributed by atoms with van der Waals surface area (Å²) in [6, 6.07) is 5.01. The highest BCUT2D eigenvalue weighted by molar-refractivity contribution is 5.97. The summed E-state index contributed by atoms with van der Waals surface area (Å²) in [5.41, 5.74) is -0.105. The van der Waals surface area contributed by atoms with Gasteiger partial charge in [-0.15, -0.1) is 13.2 Å². The number of hydrogen-bond acceptors (Lipinski definition) is 5. The molecule has 1 saturated heterocycles. The quantitative estimate of drug-likeness (QED) is 0.790. The second-order valence-electron chi connectivity index (χ2n) is 7.21. The van der Waals surface area contributed by atoms with Gasteiger partial charge in [0, 0.05) is 13.1 Å². The number of aromatic nitrogens is 1. The first kappa shape index (κ1) is 21.7. The Bertz CT molecular complexity index is 918. The monoisotopic (exact) mass is 425 g/mol. The van der Waals surface area contributed by atoms with Gasteiger partial charge in [0.15, 0.2) is 5.69 Å². The Morgan fingerprint density at radius 3 is 2.60 bits per heavy atom. The Morgan fingerprint density at radius 2 is 1.93 bits per heavy atom. The van der Waals surface area contributed by atoms with Gasteiger partial charge in [0.05, 0.1) is 12.1 Å². The smallest absolute Gasteiger partial charge is 0.443 e. The zero-order chi connectivity index (χ0) is 21.9. The molecule has 10 heteroatoms. The zero-order valence-corrected chi connectivity index (χ0v) is 16.6. The number of oxazole rings is 1. The highest BCUT2D eigenvalue weighted by Crippen LogP contribution is 2.26. The van der Waals surface area contributed by atoms with Gasteiger partial charge in [0.2, 0.25) is 5.89 Å². The summed E-state index contributed by atoms with van der Waals surface area (Å²) < 4.78 is 46.9. The first-order valence-electron chi connectivity index (χ1n) is 9.52. The van der Waals surface area contributed by atoms with Gasteiger partial charge in [-0.2, -0.15) is 0 Å². The number of halogens is 3. The number of benzene rings is 1. The normalized spacial score (nSPS) is 15.2. The lowest BCUT2D eigenvalue weighted by Crippen LogP contribution is -2.38. The van der Waals surface area contributed by atoms with E-state index in [1.54, 1.807) is 11.8 Å². The Kier molecular flexibility index (Phi) is 6.33. The lowest BCUT2D eigenvalue weighted by molar-refractivity contribution is -0.274. The minimum atomic E-state index is -4.92. The third-order valence-corrected chi connectivity index (χ3v) is 4.87. The Balaban J connectivity index is 1.65. The van der Waals surface area contributed by atoms with Crippen LogP contribution in [0.15, 0.2) is 28.7 Å². The minimum absolute atomic E-state index is 0.0869. The van der Waals surface area contributed by atoms with Crippen molar-refractivity contribution in [1.29, 1.82) is 0 Å². The molecule has 1 fully saturated rings. The number of hydrogen-bond donors (Lipinski definition) is 1. The van der Waals surface area contributed by atoms with Crippen molar-refractivity contribution < 1.29 is 31.9 Å². The first-order valence-corrected chi connectivity index (χ1v) is 9.52. The molecule has 1 aliphatic rings. The van der Waals surface area contributed by atoms with Crippen LogP contribution in [0.2, 0.25) is 0 Å². The van der Waals surface area contributed by atoms with E-state index in [-0.39, 0.29) is 29.6 Å². The molecule has 0 spiro atoms. The van der Waals surface area contributed by atoms with Crippen LogP contribution in [0.5, 0.6) is 5.75 Å². The Hall–Kier alpha value is -3.04. The summed E-state index contributed by atoms with van der Waals surface area (Å²) in [6.07, 6.45) is -3.08. The number of alkyl halides is 3. The first-order chi connectivity index (χ1) is 14.1. The predicted molar refractivity (Wildman–Crippen MR) is 99.8 cm³/mol. The van der Waals surface area contributed by atoms with Crippen molar-refractivity contribution >= 4 is 11.8 Å². The molecule has 7 nitrogen and oxygen atoms in total. The number of ether oxygens (including phenoxy) is 1.